The van der Waals surface area contributed by atoms with E-state index < -0.39 is 17.8 Å². The summed E-state index contributed by atoms with van der Waals surface area (Å²) in [7, 11) is 0. The van der Waals surface area contributed by atoms with Crippen molar-refractivity contribution in [2.24, 2.45) is 0 Å². The van der Waals surface area contributed by atoms with Crippen LogP contribution in [0.3, 0.4) is 0 Å². The molecule has 0 unspecified atom stereocenters. The van der Waals surface area contributed by atoms with Crippen LogP contribution in [-0.2, 0) is 14.3 Å². The molecule has 1 amide bonds. The normalized spacial score (nSPS) is 11.0. The van der Waals surface area contributed by atoms with Crippen molar-refractivity contribution in [3.63, 3.8) is 0 Å². The lowest BCUT2D eigenvalue weighted by atomic mass is 10.1. The lowest BCUT2D eigenvalue weighted by Crippen LogP contribution is -2.13. The molecule has 0 aliphatic heterocycles. The van der Waals surface area contributed by atoms with Gasteiger partial charge in [0, 0.05) is 6.08 Å². The van der Waals surface area contributed by atoms with Gasteiger partial charge in [-0.2, -0.15) is 0 Å². The van der Waals surface area contributed by atoms with E-state index in [1.807, 2.05) is 0 Å². The van der Waals surface area contributed by atoms with Gasteiger partial charge in [-0.15, -0.1) is 11.3 Å². The van der Waals surface area contributed by atoms with Gasteiger partial charge < -0.3 is 14.8 Å². The van der Waals surface area contributed by atoms with E-state index in [4.69, 9.17) is 9.47 Å². The Kier molecular flexibility index (Phi) is 7.67. The van der Waals surface area contributed by atoms with Crippen LogP contribution in [0.2, 0.25) is 0 Å². The Balaban J connectivity index is 2.29. The van der Waals surface area contributed by atoms with Gasteiger partial charge >= 0.3 is 11.9 Å². The summed E-state index contributed by atoms with van der Waals surface area (Å²) in [6.45, 7) is 6.85. The van der Waals surface area contributed by atoms with Crippen molar-refractivity contribution >= 4 is 40.3 Å². The molecular formula is C21H22FNO5S. The molecule has 154 valence electrons. The third-order valence-electron chi connectivity index (χ3n) is 3.69. The molecule has 0 spiro atoms. The van der Waals surface area contributed by atoms with Crippen LogP contribution >= 0.6 is 11.3 Å². The Morgan fingerprint density at radius 2 is 1.83 bits per heavy atom. The van der Waals surface area contributed by atoms with Crippen LogP contribution in [0.1, 0.15) is 51.9 Å². The van der Waals surface area contributed by atoms with E-state index in [1.165, 1.54) is 36.4 Å². The molecule has 6 nitrogen and oxygen atoms in total. The SMILES string of the molecule is CCOC(=O)c1c(NC(=O)/C=C/c2ccc(F)cc2)sc(C(=O)OC(C)C)c1C. The van der Waals surface area contributed by atoms with Gasteiger partial charge in [0.2, 0.25) is 5.91 Å². The van der Waals surface area contributed by atoms with Gasteiger partial charge in [-0.05, 0) is 57.0 Å². The molecule has 0 aliphatic carbocycles. The second kappa shape index (κ2) is 9.97. The lowest BCUT2D eigenvalue weighted by Gasteiger charge is -2.07. The fourth-order valence-electron chi connectivity index (χ4n) is 2.41. The molecule has 1 aromatic heterocycles. The molecule has 0 bridgehead atoms. The molecule has 1 heterocycles. The Labute approximate surface area is 172 Å². The summed E-state index contributed by atoms with van der Waals surface area (Å²) in [5.74, 6) is -2.09. The Morgan fingerprint density at radius 3 is 2.41 bits per heavy atom. The Bertz CT molecular complexity index is 931. The summed E-state index contributed by atoms with van der Waals surface area (Å²) in [5.41, 5.74) is 1.14. The molecule has 8 heteroatoms. The first-order valence-corrected chi connectivity index (χ1v) is 9.80. The van der Waals surface area contributed by atoms with E-state index in [0.29, 0.717) is 11.1 Å². The largest absolute Gasteiger partial charge is 0.462 e. The first-order valence-electron chi connectivity index (χ1n) is 8.99. The van der Waals surface area contributed by atoms with Crippen molar-refractivity contribution in [1.82, 2.24) is 0 Å². The topological polar surface area (TPSA) is 81.7 Å². The smallest absolute Gasteiger partial charge is 0.348 e. The highest BCUT2D eigenvalue weighted by Crippen LogP contribution is 2.34. The molecule has 0 saturated carbocycles. The molecule has 2 rings (SSSR count). The second-order valence-corrected chi connectivity index (χ2v) is 7.33. The maximum absolute atomic E-state index is 13.0. The first-order chi connectivity index (χ1) is 13.7. The standard InChI is InChI=1S/C21H22FNO5S/c1-5-27-20(25)17-13(4)18(21(26)28-12(2)3)29-19(17)23-16(24)11-8-14-6-9-15(22)10-7-14/h6-12H,5H2,1-4H3,(H,23,24)/b11-8+. The third-order valence-corrected chi connectivity index (χ3v) is 4.88. The fraction of sp³-hybridized carbons (Fsp3) is 0.286. The minimum Gasteiger partial charge on any atom is -0.462 e. The van der Waals surface area contributed by atoms with E-state index in [-0.39, 0.29) is 34.0 Å². The summed E-state index contributed by atoms with van der Waals surface area (Å²) in [4.78, 5) is 37.2. The van der Waals surface area contributed by atoms with Crippen LogP contribution < -0.4 is 5.32 Å². The number of amides is 1. The number of thiophene rings is 1. The number of anilines is 1. The highest BCUT2D eigenvalue weighted by molar-refractivity contribution is 7.18. The van der Waals surface area contributed by atoms with Gasteiger partial charge in [0.15, 0.2) is 0 Å². The average molecular weight is 419 g/mol. The number of carbonyl (C=O) groups excluding carboxylic acids is 3. The van der Waals surface area contributed by atoms with Crippen molar-refractivity contribution in [3.8, 4) is 0 Å². The molecule has 1 aromatic carbocycles. The number of benzene rings is 1. The van der Waals surface area contributed by atoms with Gasteiger partial charge in [-0.1, -0.05) is 12.1 Å². The fourth-order valence-corrected chi connectivity index (χ4v) is 3.49. The van der Waals surface area contributed by atoms with Gasteiger partial charge in [0.25, 0.3) is 0 Å². The van der Waals surface area contributed by atoms with Crippen molar-refractivity contribution in [3.05, 3.63) is 57.7 Å². The number of hydrogen-bond donors (Lipinski definition) is 1. The average Bonchev–Trinajstić information content (AvgIpc) is 2.97. The van der Waals surface area contributed by atoms with Crippen LogP contribution in [-0.4, -0.2) is 30.6 Å². The number of ether oxygens (including phenoxy) is 2. The highest BCUT2D eigenvalue weighted by Gasteiger charge is 2.27. The molecule has 0 saturated heterocycles. The number of hydrogen-bond acceptors (Lipinski definition) is 6. The maximum Gasteiger partial charge on any atom is 0.348 e. The van der Waals surface area contributed by atoms with Crippen LogP contribution in [0.15, 0.2) is 30.3 Å². The monoisotopic (exact) mass is 419 g/mol. The number of nitrogens with one attached hydrogen (secondary N) is 1. The van der Waals surface area contributed by atoms with Crippen molar-refractivity contribution in [1.29, 1.82) is 0 Å². The van der Waals surface area contributed by atoms with Crippen molar-refractivity contribution < 1.29 is 28.2 Å². The van der Waals surface area contributed by atoms with Gasteiger partial charge in [0.1, 0.15) is 15.7 Å². The van der Waals surface area contributed by atoms with Gasteiger partial charge in [0.05, 0.1) is 18.3 Å². The molecule has 0 atom stereocenters. The molecular weight excluding hydrogens is 397 g/mol. The van der Waals surface area contributed by atoms with Gasteiger partial charge in [-0.3, -0.25) is 4.79 Å². The van der Waals surface area contributed by atoms with E-state index >= 15 is 0 Å². The van der Waals surface area contributed by atoms with Crippen LogP contribution in [0.5, 0.6) is 0 Å². The van der Waals surface area contributed by atoms with Crippen LogP contribution in [0, 0.1) is 12.7 Å². The van der Waals surface area contributed by atoms with Crippen LogP contribution in [0.25, 0.3) is 6.08 Å². The highest BCUT2D eigenvalue weighted by atomic mass is 32.1. The number of rotatable bonds is 7. The molecule has 29 heavy (non-hydrogen) atoms. The first kappa shape index (κ1) is 22.3. The molecule has 1 N–H and O–H groups in total. The zero-order valence-corrected chi connectivity index (χ0v) is 17.4. The van der Waals surface area contributed by atoms with Crippen molar-refractivity contribution in [2.45, 2.75) is 33.8 Å². The minimum absolute atomic E-state index is 0.121. The van der Waals surface area contributed by atoms with Crippen molar-refractivity contribution in [2.75, 3.05) is 11.9 Å². The van der Waals surface area contributed by atoms with Crippen LogP contribution in [0.4, 0.5) is 9.39 Å². The Hall–Kier alpha value is -3.00. The van der Waals surface area contributed by atoms with E-state index in [1.54, 1.807) is 27.7 Å². The summed E-state index contributed by atoms with van der Waals surface area (Å²) < 4.78 is 23.2. The number of carbonyl (C=O) groups is 3. The maximum atomic E-state index is 13.0. The zero-order valence-electron chi connectivity index (χ0n) is 16.6. The summed E-state index contributed by atoms with van der Waals surface area (Å²) >= 11 is 0.952. The second-order valence-electron chi connectivity index (χ2n) is 6.31. The summed E-state index contributed by atoms with van der Waals surface area (Å²) in [5, 5.41) is 2.81. The quantitative estimate of drug-likeness (QED) is 0.524. The molecule has 2 aromatic rings. The molecule has 0 aliphatic rings. The van der Waals surface area contributed by atoms with E-state index in [0.717, 1.165) is 11.3 Å². The number of halogens is 1. The van der Waals surface area contributed by atoms with E-state index in [2.05, 4.69) is 5.32 Å². The third kappa shape index (κ3) is 5.99. The van der Waals surface area contributed by atoms with E-state index in [9.17, 15) is 18.8 Å². The minimum atomic E-state index is -0.636. The molecule has 0 fully saturated rings. The summed E-state index contributed by atoms with van der Waals surface area (Å²) in [6.07, 6.45) is 2.43. The Morgan fingerprint density at radius 1 is 1.17 bits per heavy atom. The lowest BCUT2D eigenvalue weighted by molar-refractivity contribution is -0.111. The number of esters is 2. The van der Waals surface area contributed by atoms with Gasteiger partial charge in [-0.25, -0.2) is 14.0 Å². The zero-order chi connectivity index (χ0) is 21.6. The summed E-state index contributed by atoms with van der Waals surface area (Å²) in [6, 6.07) is 5.62. The predicted octanol–water partition coefficient (Wildman–Crippen LogP) is 4.59. The predicted molar refractivity (Wildman–Crippen MR) is 110 cm³/mol. The molecule has 0 radical (unpaired) electrons.